The Balaban J connectivity index is 2.09. The van der Waals surface area contributed by atoms with Gasteiger partial charge in [-0.1, -0.05) is 6.58 Å². The van der Waals surface area contributed by atoms with E-state index in [0.29, 0.717) is 0 Å². The molecule has 0 bridgehead atoms. The number of nitrogens with one attached hydrogen (secondary N) is 1. The van der Waals surface area contributed by atoms with Crippen molar-refractivity contribution in [1.82, 2.24) is 19.5 Å². The van der Waals surface area contributed by atoms with Gasteiger partial charge >= 0.3 is 0 Å². The first-order chi connectivity index (χ1) is 9.90. The summed E-state index contributed by atoms with van der Waals surface area (Å²) < 4.78 is 6.62. The molecule has 4 atom stereocenters. The Morgan fingerprint density at radius 3 is 2.81 bits per heavy atom. The average Bonchev–Trinajstić information content (AvgIpc) is 2.93. The highest BCUT2D eigenvalue weighted by atomic mass is 16.6. The fourth-order valence-electron chi connectivity index (χ4n) is 2.29. The van der Waals surface area contributed by atoms with E-state index in [2.05, 4.69) is 21.5 Å². The van der Waals surface area contributed by atoms with E-state index in [9.17, 15) is 20.1 Å². The number of nitrogens with two attached hydrogens (primary N) is 1. The summed E-state index contributed by atoms with van der Waals surface area (Å²) in [5.41, 5.74) is 5.05. The topological polar surface area (TPSA) is 160 Å². The number of aliphatic hydroxyl groups excluding tert-OH is 3. The lowest BCUT2D eigenvalue weighted by molar-refractivity contribution is -0.0338. The van der Waals surface area contributed by atoms with Gasteiger partial charge in [0.15, 0.2) is 17.4 Å². The summed E-state index contributed by atoms with van der Waals surface area (Å²) in [4.78, 5) is 21.8. The largest absolute Gasteiger partial charge is 0.510 e. The normalized spacial score (nSPS) is 29.0. The summed E-state index contributed by atoms with van der Waals surface area (Å²) in [7, 11) is 0. The number of nitrogens with zero attached hydrogens (tertiary/aromatic N) is 3. The van der Waals surface area contributed by atoms with Crippen molar-refractivity contribution in [3.05, 3.63) is 29.0 Å². The Morgan fingerprint density at radius 2 is 2.19 bits per heavy atom. The molecule has 10 nitrogen and oxygen atoms in total. The fourth-order valence-corrected chi connectivity index (χ4v) is 2.29. The van der Waals surface area contributed by atoms with Gasteiger partial charge in [0.25, 0.3) is 5.56 Å². The van der Waals surface area contributed by atoms with E-state index in [-0.39, 0.29) is 17.1 Å². The van der Waals surface area contributed by atoms with Crippen LogP contribution >= 0.6 is 0 Å². The number of aliphatic hydroxyl groups is 3. The molecule has 1 saturated heterocycles. The van der Waals surface area contributed by atoms with Gasteiger partial charge in [-0.2, -0.15) is 4.98 Å². The number of hydrogen-bond donors (Lipinski definition) is 5. The lowest BCUT2D eigenvalue weighted by atomic mass is 10.1. The molecule has 0 spiro atoms. The van der Waals surface area contributed by atoms with Gasteiger partial charge in [-0.15, -0.1) is 0 Å². The van der Waals surface area contributed by atoms with Crippen LogP contribution in [0.3, 0.4) is 0 Å². The van der Waals surface area contributed by atoms with Crippen LogP contribution in [0.1, 0.15) is 6.23 Å². The monoisotopic (exact) mass is 295 g/mol. The lowest BCUT2D eigenvalue weighted by Crippen LogP contribution is -2.32. The molecule has 0 aromatic carbocycles. The molecule has 0 unspecified atom stereocenters. The van der Waals surface area contributed by atoms with Crippen LogP contribution in [0.15, 0.2) is 23.5 Å². The minimum atomic E-state index is -1.37. The summed E-state index contributed by atoms with van der Waals surface area (Å²) in [6.45, 7) is 3.27. The molecule has 3 rings (SSSR count). The van der Waals surface area contributed by atoms with Gasteiger partial charge in [0.2, 0.25) is 5.95 Å². The standard InChI is InChI=1S/C11H13N5O5/c1-3(17)7-5(18)6(19)10(21-7)16-2-13-4-8(16)14-11(12)15-9(4)20/h2,5-7,10,17-19H,1H2,(H3,12,14,15,20)/t5-,6+,7+,10+/m0/s1. The van der Waals surface area contributed by atoms with Gasteiger partial charge in [0.05, 0.1) is 6.33 Å². The maximum Gasteiger partial charge on any atom is 0.280 e. The third-order valence-corrected chi connectivity index (χ3v) is 3.29. The minimum Gasteiger partial charge on any atom is -0.510 e. The maximum atomic E-state index is 11.7. The van der Waals surface area contributed by atoms with Crippen LogP contribution in [0.2, 0.25) is 0 Å². The highest BCUT2D eigenvalue weighted by Crippen LogP contribution is 2.33. The van der Waals surface area contributed by atoms with Gasteiger partial charge in [-0.25, -0.2) is 4.98 Å². The van der Waals surface area contributed by atoms with Crippen molar-refractivity contribution in [2.75, 3.05) is 5.73 Å². The second-order valence-corrected chi connectivity index (χ2v) is 4.69. The summed E-state index contributed by atoms with van der Waals surface area (Å²) in [6.07, 6.45) is -3.74. The number of H-pyrrole nitrogens is 1. The SMILES string of the molecule is C=C(O)[C@H]1O[C@@H](n2cnc3c(=O)[nH]c(N)nc32)[C@H](O)[C@@H]1O. The number of hydrogen-bond acceptors (Lipinski definition) is 8. The molecule has 10 heteroatoms. The van der Waals surface area contributed by atoms with Crippen LogP contribution in [0.4, 0.5) is 5.95 Å². The summed E-state index contributed by atoms with van der Waals surface area (Å²) in [6, 6.07) is 0. The quantitative estimate of drug-likeness (QED) is 0.414. The molecule has 6 N–H and O–H groups in total. The van der Waals surface area contributed by atoms with E-state index in [0.717, 1.165) is 0 Å². The predicted molar refractivity (Wildman–Crippen MR) is 70.3 cm³/mol. The number of aromatic nitrogens is 4. The van der Waals surface area contributed by atoms with Crippen LogP contribution in [0.25, 0.3) is 11.2 Å². The van der Waals surface area contributed by atoms with E-state index in [1.807, 2.05) is 0 Å². The van der Waals surface area contributed by atoms with Crippen molar-refractivity contribution in [1.29, 1.82) is 0 Å². The number of ether oxygens (including phenoxy) is 1. The smallest absolute Gasteiger partial charge is 0.280 e. The Hall–Kier alpha value is -2.43. The van der Waals surface area contributed by atoms with Crippen molar-refractivity contribution >= 4 is 17.1 Å². The second-order valence-electron chi connectivity index (χ2n) is 4.69. The molecular weight excluding hydrogens is 282 g/mol. The van der Waals surface area contributed by atoms with Crippen molar-refractivity contribution in [3.8, 4) is 0 Å². The van der Waals surface area contributed by atoms with Gasteiger partial charge < -0.3 is 25.8 Å². The first kappa shape index (κ1) is 13.5. The zero-order valence-electron chi connectivity index (χ0n) is 10.7. The molecule has 112 valence electrons. The molecule has 0 aliphatic carbocycles. The minimum absolute atomic E-state index is 0.0146. The van der Waals surface area contributed by atoms with Crippen LogP contribution in [0, 0.1) is 0 Å². The average molecular weight is 295 g/mol. The van der Waals surface area contributed by atoms with Crippen LogP contribution in [0.5, 0.6) is 0 Å². The Kier molecular flexibility index (Phi) is 2.93. The van der Waals surface area contributed by atoms with Gasteiger partial charge in [-0.3, -0.25) is 14.3 Å². The Morgan fingerprint density at radius 1 is 1.48 bits per heavy atom. The van der Waals surface area contributed by atoms with E-state index in [1.54, 1.807) is 0 Å². The number of rotatable bonds is 2. The van der Waals surface area contributed by atoms with Crippen molar-refractivity contribution in [3.63, 3.8) is 0 Å². The second kappa shape index (κ2) is 4.55. The molecule has 1 aliphatic heterocycles. The highest BCUT2D eigenvalue weighted by molar-refractivity contribution is 5.70. The fraction of sp³-hybridized carbons (Fsp3) is 0.364. The zero-order chi connectivity index (χ0) is 15.3. The van der Waals surface area contributed by atoms with Crippen LogP contribution in [-0.2, 0) is 4.74 Å². The first-order valence-corrected chi connectivity index (χ1v) is 6.02. The number of imidazole rings is 1. The Bertz CT molecular complexity index is 768. The molecule has 0 radical (unpaired) electrons. The number of fused-ring (bicyclic) bond motifs is 1. The molecule has 1 fully saturated rings. The highest BCUT2D eigenvalue weighted by Gasteiger charge is 2.45. The van der Waals surface area contributed by atoms with E-state index in [1.165, 1.54) is 10.9 Å². The van der Waals surface area contributed by atoms with Gasteiger partial charge in [-0.05, 0) is 0 Å². The maximum absolute atomic E-state index is 11.7. The molecular formula is C11H13N5O5. The summed E-state index contributed by atoms with van der Waals surface area (Å²) in [5, 5.41) is 29.2. The van der Waals surface area contributed by atoms with Crippen molar-refractivity contribution in [2.24, 2.45) is 0 Å². The molecule has 0 amide bonds. The molecule has 0 saturated carbocycles. The third-order valence-electron chi connectivity index (χ3n) is 3.29. The summed E-state index contributed by atoms with van der Waals surface area (Å²) in [5.74, 6) is -0.538. The van der Waals surface area contributed by atoms with E-state index < -0.39 is 35.9 Å². The van der Waals surface area contributed by atoms with E-state index in [4.69, 9.17) is 10.5 Å². The summed E-state index contributed by atoms with van der Waals surface area (Å²) >= 11 is 0. The van der Waals surface area contributed by atoms with Crippen LogP contribution in [-0.4, -0.2) is 53.2 Å². The molecule has 2 aromatic rings. The number of nitrogen functional groups attached to an aromatic ring is 1. The Labute approximate surface area is 117 Å². The number of aromatic amines is 1. The third kappa shape index (κ3) is 1.96. The molecule has 1 aliphatic rings. The zero-order valence-corrected chi connectivity index (χ0v) is 10.7. The molecule has 21 heavy (non-hydrogen) atoms. The van der Waals surface area contributed by atoms with E-state index >= 15 is 0 Å². The van der Waals surface area contributed by atoms with Crippen molar-refractivity contribution in [2.45, 2.75) is 24.5 Å². The molecule has 3 heterocycles. The van der Waals surface area contributed by atoms with Gasteiger partial charge in [0, 0.05) is 0 Å². The number of anilines is 1. The van der Waals surface area contributed by atoms with Crippen molar-refractivity contribution < 1.29 is 20.1 Å². The predicted octanol–water partition coefficient (Wildman–Crippen LogP) is -1.61. The first-order valence-electron chi connectivity index (χ1n) is 6.02. The van der Waals surface area contributed by atoms with Crippen LogP contribution < -0.4 is 11.3 Å². The molecule has 2 aromatic heterocycles. The lowest BCUT2D eigenvalue weighted by Gasteiger charge is -2.16. The van der Waals surface area contributed by atoms with Gasteiger partial charge in [0.1, 0.15) is 24.1 Å².